The fraction of sp³-hybridized carbons (Fsp3) is 0.571. The molecule has 0 aromatic heterocycles. The maximum Gasteiger partial charge on any atom is 0.0342 e. The van der Waals surface area contributed by atoms with Gasteiger partial charge in [-0.05, 0) is 56.5 Å². The van der Waals surface area contributed by atoms with Crippen molar-refractivity contribution in [3.05, 3.63) is 29.8 Å². The van der Waals surface area contributed by atoms with Gasteiger partial charge >= 0.3 is 0 Å². The van der Waals surface area contributed by atoms with Crippen LogP contribution in [-0.4, -0.2) is 19.1 Å². The Morgan fingerprint density at radius 2 is 2.00 bits per heavy atom. The molecule has 1 aliphatic rings. The molecule has 0 amide bonds. The number of nitrogens with one attached hydrogen (secondary N) is 2. The normalized spacial score (nSPS) is 21.4. The van der Waals surface area contributed by atoms with Crippen LogP contribution in [0.4, 0.5) is 5.69 Å². The Bertz CT molecular complexity index is 297. The number of benzene rings is 1. The summed E-state index contributed by atoms with van der Waals surface area (Å²) in [4.78, 5) is 0. The van der Waals surface area contributed by atoms with E-state index in [9.17, 15) is 0 Å². The largest absolute Gasteiger partial charge is 0.382 e. The molecule has 1 aromatic rings. The van der Waals surface area contributed by atoms with Crippen molar-refractivity contribution < 1.29 is 0 Å². The molecule has 2 N–H and O–H groups in total. The van der Waals surface area contributed by atoms with Crippen molar-refractivity contribution in [2.45, 2.75) is 38.6 Å². The molecule has 0 spiro atoms. The maximum absolute atomic E-state index is 3.63. The number of anilines is 1. The van der Waals surface area contributed by atoms with Crippen LogP contribution < -0.4 is 10.6 Å². The fourth-order valence-electron chi connectivity index (χ4n) is 2.24. The fourth-order valence-corrected chi connectivity index (χ4v) is 2.24. The molecule has 16 heavy (non-hydrogen) atoms. The highest BCUT2D eigenvalue weighted by Crippen LogP contribution is 2.15. The van der Waals surface area contributed by atoms with Gasteiger partial charge in [0.1, 0.15) is 0 Å². The summed E-state index contributed by atoms with van der Waals surface area (Å²) in [6.45, 7) is 4.51. The zero-order valence-corrected chi connectivity index (χ0v) is 10.1. The molecule has 1 atom stereocenters. The molecule has 1 unspecified atom stereocenters. The molecule has 1 fully saturated rings. The summed E-state index contributed by atoms with van der Waals surface area (Å²) >= 11 is 0. The van der Waals surface area contributed by atoms with Crippen LogP contribution in [0.3, 0.4) is 0 Å². The summed E-state index contributed by atoms with van der Waals surface area (Å²) < 4.78 is 0. The van der Waals surface area contributed by atoms with Gasteiger partial charge in [-0.25, -0.2) is 0 Å². The molecule has 1 aromatic carbocycles. The Labute approximate surface area is 98.4 Å². The predicted octanol–water partition coefficient (Wildman–Crippen LogP) is 2.80. The van der Waals surface area contributed by atoms with Crippen molar-refractivity contribution in [2.75, 3.05) is 18.4 Å². The molecule has 1 aliphatic heterocycles. The standard InChI is InChI=1S/C14H22N2/c1-2-12-5-7-14(8-6-12)16-13-4-3-10-15-11-9-13/h5-8,13,15-16H,2-4,9-11H2,1H3. The highest BCUT2D eigenvalue weighted by molar-refractivity contribution is 5.45. The SMILES string of the molecule is CCc1ccc(NC2CCCNCC2)cc1. The highest BCUT2D eigenvalue weighted by Gasteiger charge is 2.10. The second-order valence-corrected chi connectivity index (χ2v) is 4.57. The molecule has 2 rings (SSSR count). The predicted molar refractivity (Wildman–Crippen MR) is 70.0 cm³/mol. The molecule has 2 heteroatoms. The van der Waals surface area contributed by atoms with Crippen molar-refractivity contribution in [2.24, 2.45) is 0 Å². The first-order chi connectivity index (χ1) is 7.88. The maximum atomic E-state index is 3.63. The molecular formula is C14H22N2. The lowest BCUT2D eigenvalue weighted by Gasteiger charge is -2.17. The van der Waals surface area contributed by atoms with Crippen molar-refractivity contribution in [3.63, 3.8) is 0 Å². The van der Waals surface area contributed by atoms with E-state index in [4.69, 9.17) is 0 Å². The van der Waals surface area contributed by atoms with Gasteiger partial charge in [-0.3, -0.25) is 0 Å². The second kappa shape index (κ2) is 5.90. The molecule has 0 radical (unpaired) electrons. The molecule has 1 saturated heterocycles. The third-order valence-electron chi connectivity index (χ3n) is 3.31. The first-order valence-electron chi connectivity index (χ1n) is 6.44. The highest BCUT2D eigenvalue weighted by atomic mass is 14.9. The van der Waals surface area contributed by atoms with Crippen molar-refractivity contribution in [1.29, 1.82) is 0 Å². The van der Waals surface area contributed by atoms with Crippen LogP contribution in [0.1, 0.15) is 31.7 Å². The lowest BCUT2D eigenvalue weighted by molar-refractivity contribution is 0.637. The molecule has 0 aliphatic carbocycles. The van der Waals surface area contributed by atoms with Crippen LogP contribution in [0.5, 0.6) is 0 Å². The first-order valence-corrected chi connectivity index (χ1v) is 6.44. The van der Waals surface area contributed by atoms with E-state index in [0.717, 1.165) is 13.0 Å². The van der Waals surface area contributed by atoms with Crippen molar-refractivity contribution in [3.8, 4) is 0 Å². The summed E-state index contributed by atoms with van der Waals surface area (Å²) in [7, 11) is 0. The van der Waals surface area contributed by atoms with E-state index in [2.05, 4.69) is 41.8 Å². The van der Waals surface area contributed by atoms with Crippen LogP contribution in [0.15, 0.2) is 24.3 Å². The van der Waals surface area contributed by atoms with E-state index in [1.54, 1.807) is 0 Å². The van der Waals surface area contributed by atoms with E-state index < -0.39 is 0 Å². The minimum absolute atomic E-state index is 0.641. The van der Waals surface area contributed by atoms with Crippen molar-refractivity contribution in [1.82, 2.24) is 5.32 Å². The average molecular weight is 218 g/mol. The van der Waals surface area contributed by atoms with Gasteiger partial charge in [0.25, 0.3) is 0 Å². The van der Waals surface area contributed by atoms with Crippen LogP contribution in [0, 0.1) is 0 Å². The Hall–Kier alpha value is -1.02. The van der Waals surface area contributed by atoms with Gasteiger partial charge in [-0.2, -0.15) is 0 Å². The van der Waals surface area contributed by atoms with E-state index >= 15 is 0 Å². The van der Waals surface area contributed by atoms with Crippen LogP contribution in [0.2, 0.25) is 0 Å². The number of hydrogen-bond donors (Lipinski definition) is 2. The Morgan fingerprint density at radius 3 is 2.75 bits per heavy atom. The second-order valence-electron chi connectivity index (χ2n) is 4.57. The minimum atomic E-state index is 0.641. The summed E-state index contributed by atoms with van der Waals surface area (Å²) in [5, 5.41) is 7.07. The Kier molecular flexibility index (Phi) is 4.23. The third kappa shape index (κ3) is 3.24. The zero-order valence-electron chi connectivity index (χ0n) is 10.1. The van der Waals surface area contributed by atoms with Crippen LogP contribution in [-0.2, 0) is 6.42 Å². The molecular weight excluding hydrogens is 196 g/mol. The molecule has 2 nitrogen and oxygen atoms in total. The molecule has 1 heterocycles. The summed E-state index contributed by atoms with van der Waals surface area (Å²) in [5.74, 6) is 0. The van der Waals surface area contributed by atoms with Gasteiger partial charge in [-0.15, -0.1) is 0 Å². The van der Waals surface area contributed by atoms with Gasteiger partial charge in [-0.1, -0.05) is 19.1 Å². The minimum Gasteiger partial charge on any atom is -0.382 e. The van der Waals surface area contributed by atoms with Crippen LogP contribution in [0.25, 0.3) is 0 Å². The first kappa shape index (κ1) is 11.5. The lowest BCUT2D eigenvalue weighted by atomic mass is 10.1. The lowest BCUT2D eigenvalue weighted by Crippen LogP contribution is -2.21. The van der Waals surface area contributed by atoms with Gasteiger partial charge in [0, 0.05) is 11.7 Å². The topological polar surface area (TPSA) is 24.1 Å². The summed E-state index contributed by atoms with van der Waals surface area (Å²) in [5.41, 5.74) is 2.68. The van der Waals surface area contributed by atoms with Gasteiger partial charge in [0.2, 0.25) is 0 Å². The molecule has 0 saturated carbocycles. The molecule has 0 bridgehead atoms. The monoisotopic (exact) mass is 218 g/mol. The van der Waals surface area contributed by atoms with Gasteiger partial charge in [0.05, 0.1) is 0 Å². The van der Waals surface area contributed by atoms with E-state index in [1.165, 1.54) is 37.1 Å². The van der Waals surface area contributed by atoms with Gasteiger partial charge < -0.3 is 10.6 Å². The Balaban J connectivity index is 1.91. The Morgan fingerprint density at radius 1 is 1.19 bits per heavy atom. The third-order valence-corrected chi connectivity index (χ3v) is 3.31. The van der Waals surface area contributed by atoms with E-state index in [-0.39, 0.29) is 0 Å². The van der Waals surface area contributed by atoms with E-state index in [1.807, 2.05) is 0 Å². The number of aryl methyl sites for hydroxylation is 1. The van der Waals surface area contributed by atoms with Crippen LogP contribution >= 0.6 is 0 Å². The quantitative estimate of drug-likeness (QED) is 0.815. The molecule has 88 valence electrons. The van der Waals surface area contributed by atoms with Gasteiger partial charge in [0.15, 0.2) is 0 Å². The number of rotatable bonds is 3. The van der Waals surface area contributed by atoms with Crippen molar-refractivity contribution >= 4 is 5.69 Å². The smallest absolute Gasteiger partial charge is 0.0342 e. The number of hydrogen-bond acceptors (Lipinski definition) is 2. The summed E-state index contributed by atoms with van der Waals surface area (Å²) in [6, 6.07) is 9.49. The summed E-state index contributed by atoms with van der Waals surface area (Å²) in [6.07, 6.45) is 4.91. The van der Waals surface area contributed by atoms with E-state index in [0.29, 0.717) is 6.04 Å². The average Bonchev–Trinajstić information content (AvgIpc) is 2.59. The zero-order chi connectivity index (χ0) is 11.2.